The maximum atomic E-state index is 12.3. The molecule has 30 heavy (non-hydrogen) atoms. The minimum absolute atomic E-state index is 0.205. The molecule has 0 fully saturated rings. The first kappa shape index (κ1) is 20.8. The normalized spacial score (nSPS) is 14.8. The number of thiophene rings is 1. The monoisotopic (exact) mass is 433 g/mol. The lowest BCUT2D eigenvalue weighted by atomic mass is 10.0. The summed E-state index contributed by atoms with van der Waals surface area (Å²) in [5.41, 5.74) is 3.62. The van der Waals surface area contributed by atoms with Gasteiger partial charge in [0, 0.05) is 29.4 Å². The van der Waals surface area contributed by atoms with Gasteiger partial charge in [-0.1, -0.05) is 6.07 Å². The molecule has 0 unspecified atom stereocenters. The summed E-state index contributed by atoms with van der Waals surface area (Å²) in [6, 6.07) is 16.5. The van der Waals surface area contributed by atoms with E-state index < -0.39 is 6.36 Å². The molecule has 1 aromatic heterocycles. The van der Waals surface area contributed by atoms with Crippen molar-refractivity contribution < 1.29 is 22.6 Å². The Labute approximate surface area is 177 Å². The van der Waals surface area contributed by atoms with Crippen molar-refractivity contribution in [3.8, 4) is 21.9 Å². The Kier molecular flexibility index (Phi) is 6.01. The molecule has 3 nitrogen and oxygen atoms in total. The van der Waals surface area contributed by atoms with E-state index in [0.29, 0.717) is 0 Å². The third kappa shape index (κ3) is 5.15. The summed E-state index contributed by atoms with van der Waals surface area (Å²) in [4.78, 5) is 4.72. The van der Waals surface area contributed by atoms with Crippen molar-refractivity contribution in [3.05, 3.63) is 70.6 Å². The van der Waals surface area contributed by atoms with Gasteiger partial charge in [0.05, 0.1) is 7.11 Å². The largest absolute Gasteiger partial charge is 0.573 e. The summed E-state index contributed by atoms with van der Waals surface area (Å²) >= 11 is 1.67. The Morgan fingerprint density at radius 2 is 1.60 bits per heavy atom. The zero-order valence-electron chi connectivity index (χ0n) is 16.5. The van der Waals surface area contributed by atoms with Crippen LogP contribution in [0.4, 0.5) is 13.2 Å². The lowest BCUT2D eigenvalue weighted by Gasteiger charge is -2.18. The van der Waals surface area contributed by atoms with Gasteiger partial charge in [0.1, 0.15) is 11.5 Å². The molecule has 0 saturated heterocycles. The minimum atomic E-state index is -4.67. The van der Waals surface area contributed by atoms with Crippen molar-refractivity contribution in [2.45, 2.75) is 25.7 Å². The Bertz CT molecular complexity index is 998. The van der Waals surface area contributed by atoms with Gasteiger partial charge in [0.15, 0.2) is 0 Å². The van der Waals surface area contributed by atoms with Crippen LogP contribution in [0, 0.1) is 0 Å². The molecule has 2 heterocycles. The fourth-order valence-electron chi connectivity index (χ4n) is 3.69. The number of halogens is 3. The molecule has 3 aromatic rings. The molecule has 0 atom stereocenters. The highest BCUT2D eigenvalue weighted by molar-refractivity contribution is 7.15. The van der Waals surface area contributed by atoms with E-state index in [2.05, 4.69) is 27.8 Å². The molecule has 7 heteroatoms. The standard InChI is InChI=1S/C23H22F3NO2S/c1-28-20-7-2-16-10-12-27(13-11-18(16)14-20)15-21-8-9-22(30-21)17-3-5-19(6-4-17)29-23(24,25)26/h2-9,14H,10-13,15H2,1H3. The van der Waals surface area contributed by atoms with E-state index in [1.165, 1.54) is 28.1 Å². The quantitative estimate of drug-likeness (QED) is 0.498. The van der Waals surface area contributed by atoms with E-state index in [9.17, 15) is 13.2 Å². The van der Waals surface area contributed by atoms with Crippen LogP contribution >= 0.6 is 11.3 Å². The van der Waals surface area contributed by atoms with Crippen LogP contribution in [-0.2, 0) is 19.4 Å². The predicted octanol–water partition coefficient (Wildman–Crippen LogP) is 5.92. The second-order valence-electron chi connectivity index (χ2n) is 7.25. The maximum absolute atomic E-state index is 12.3. The summed E-state index contributed by atoms with van der Waals surface area (Å²) in [7, 11) is 1.69. The lowest BCUT2D eigenvalue weighted by molar-refractivity contribution is -0.274. The fraction of sp³-hybridized carbons (Fsp3) is 0.304. The third-order valence-corrected chi connectivity index (χ3v) is 6.34. The highest BCUT2D eigenvalue weighted by atomic mass is 32.1. The SMILES string of the molecule is COc1ccc2c(c1)CCN(Cc1ccc(-c3ccc(OC(F)(F)F)cc3)s1)CC2. The van der Waals surface area contributed by atoms with Crippen molar-refractivity contribution in [1.82, 2.24) is 4.90 Å². The molecule has 0 saturated carbocycles. The van der Waals surface area contributed by atoms with E-state index in [-0.39, 0.29) is 5.75 Å². The van der Waals surface area contributed by atoms with Crippen LogP contribution in [0.2, 0.25) is 0 Å². The van der Waals surface area contributed by atoms with Crippen molar-refractivity contribution in [2.24, 2.45) is 0 Å². The zero-order valence-corrected chi connectivity index (χ0v) is 17.4. The van der Waals surface area contributed by atoms with E-state index in [0.717, 1.165) is 48.7 Å². The van der Waals surface area contributed by atoms with E-state index in [4.69, 9.17) is 4.74 Å². The van der Waals surface area contributed by atoms with Gasteiger partial charge in [-0.2, -0.15) is 0 Å². The number of hydrogen-bond donors (Lipinski definition) is 0. The number of hydrogen-bond acceptors (Lipinski definition) is 4. The molecule has 2 aromatic carbocycles. The van der Waals surface area contributed by atoms with Gasteiger partial charge in [-0.05, 0) is 78.1 Å². The van der Waals surface area contributed by atoms with Crippen LogP contribution in [0.3, 0.4) is 0 Å². The molecule has 0 spiro atoms. The van der Waals surface area contributed by atoms with Gasteiger partial charge in [0.2, 0.25) is 0 Å². The number of benzene rings is 2. The highest BCUT2D eigenvalue weighted by Gasteiger charge is 2.31. The first-order chi connectivity index (χ1) is 14.4. The van der Waals surface area contributed by atoms with Crippen LogP contribution < -0.4 is 9.47 Å². The lowest BCUT2D eigenvalue weighted by Crippen LogP contribution is -2.25. The second-order valence-corrected chi connectivity index (χ2v) is 8.42. The number of rotatable bonds is 5. The van der Waals surface area contributed by atoms with Crippen LogP contribution in [0.1, 0.15) is 16.0 Å². The molecule has 1 aliphatic heterocycles. The molecule has 0 radical (unpaired) electrons. The van der Waals surface area contributed by atoms with Crippen LogP contribution in [0.25, 0.3) is 10.4 Å². The average molecular weight is 433 g/mol. The summed E-state index contributed by atoms with van der Waals surface area (Å²) in [6.07, 6.45) is -2.67. The third-order valence-electron chi connectivity index (χ3n) is 5.22. The molecule has 0 amide bonds. The smallest absolute Gasteiger partial charge is 0.497 e. The average Bonchev–Trinajstić information content (AvgIpc) is 3.08. The first-order valence-electron chi connectivity index (χ1n) is 9.73. The molecule has 4 rings (SSSR count). The Morgan fingerprint density at radius 1 is 0.900 bits per heavy atom. The van der Waals surface area contributed by atoms with Crippen LogP contribution in [-0.4, -0.2) is 31.5 Å². The van der Waals surface area contributed by atoms with Crippen molar-refractivity contribution in [1.29, 1.82) is 0 Å². The van der Waals surface area contributed by atoms with Gasteiger partial charge >= 0.3 is 6.36 Å². The van der Waals surface area contributed by atoms with Crippen molar-refractivity contribution in [3.63, 3.8) is 0 Å². The molecule has 0 aliphatic carbocycles. The number of ether oxygens (including phenoxy) is 2. The van der Waals surface area contributed by atoms with E-state index in [1.807, 2.05) is 12.1 Å². The topological polar surface area (TPSA) is 21.7 Å². The summed E-state index contributed by atoms with van der Waals surface area (Å²) in [5, 5.41) is 0. The molecule has 0 N–H and O–H groups in total. The minimum Gasteiger partial charge on any atom is -0.497 e. The summed E-state index contributed by atoms with van der Waals surface area (Å²) in [5.74, 6) is 0.695. The molecule has 158 valence electrons. The number of fused-ring (bicyclic) bond motifs is 1. The summed E-state index contributed by atoms with van der Waals surface area (Å²) in [6.45, 7) is 2.85. The Hall–Kier alpha value is -2.51. The molecular weight excluding hydrogens is 411 g/mol. The second kappa shape index (κ2) is 8.70. The van der Waals surface area contributed by atoms with Gasteiger partial charge in [-0.25, -0.2) is 0 Å². The van der Waals surface area contributed by atoms with E-state index >= 15 is 0 Å². The van der Waals surface area contributed by atoms with Gasteiger partial charge < -0.3 is 9.47 Å². The highest BCUT2D eigenvalue weighted by Crippen LogP contribution is 2.32. The maximum Gasteiger partial charge on any atom is 0.573 e. The van der Waals surface area contributed by atoms with Gasteiger partial charge in [0.25, 0.3) is 0 Å². The number of methoxy groups -OCH3 is 1. The zero-order chi connectivity index (χ0) is 21.1. The van der Waals surface area contributed by atoms with E-state index in [1.54, 1.807) is 30.6 Å². The predicted molar refractivity (Wildman–Crippen MR) is 112 cm³/mol. The number of nitrogens with zero attached hydrogens (tertiary/aromatic N) is 1. The van der Waals surface area contributed by atoms with Crippen LogP contribution in [0.15, 0.2) is 54.6 Å². The first-order valence-corrected chi connectivity index (χ1v) is 10.5. The van der Waals surface area contributed by atoms with Gasteiger partial charge in [-0.15, -0.1) is 24.5 Å². The molecule has 1 aliphatic rings. The Balaban J connectivity index is 1.39. The fourth-order valence-corrected chi connectivity index (χ4v) is 4.75. The molecular formula is C23H22F3NO2S. The molecule has 0 bridgehead atoms. The van der Waals surface area contributed by atoms with Gasteiger partial charge in [-0.3, -0.25) is 4.90 Å². The Morgan fingerprint density at radius 3 is 2.30 bits per heavy atom. The number of alkyl halides is 3. The van der Waals surface area contributed by atoms with Crippen molar-refractivity contribution in [2.75, 3.05) is 20.2 Å². The van der Waals surface area contributed by atoms with Crippen LogP contribution in [0.5, 0.6) is 11.5 Å². The van der Waals surface area contributed by atoms with Crippen molar-refractivity contribution >= 4 is 11.3 Å². The summed E-state index contributed by atoms with van der Waals surface area (Å²) < 4.78 is 46.2.